The number of hydrogen-bond donors (Lipinski definition) is 1. The van der Waals surface area contributed by atoms with E-state index in [1.165, 1.54) is 17.8 Å². The first-order valence-electron chi connectivity index (χ1n) is 6.45. The average Bonchev–Trinajstić information content (AvgIpc) is 2.41. The van der Waals surface area contributed by atoms with Gasteiger partial charge in [-0.15, -0.1) is 0 Å². The summed E-state index contributed by atoms with van der Waals surface area (Å²) in [5.74, 6) is -0.496. The number of amides is 1. The van der Waals surface area contributed by atoms with Crippen LogP contribution in [0.4, 0.5) is 10.1 Å². The van der Waals surface area contributed by atoms with Crippen LogP contribution < -0.4 is 5.32 Å². The fourth-order valence-corrected chi connectivity index (χ4v) is 2.81. The van der Waals surface area contributed by atoms with E-state index >= 15 is 0 Å². The Hall–Kier alpha value is -1.14. The Balaban J connectivity index is 2.50. The number of thioether (sulfide) groups is 1. The Bertz CT molecular complexity index is 490. The van der Waals surface area contributed by atoms with Crippen molar-refractivity contribution in [1.82, 2.24) is 4.90 Å². The van der Waals surface area contributed by atoms with Crippen molar-refractivity contribution in [2.24, 2.45) is 0 Å². The van der Waals surface area contributed by atoms with Gasteiger partial charge in [0.15, 0.2) is 0 Å². The lowest BCUT2D eigenvalue weighted by molar-refractivity contribution is -0.113. The molecule has 1 aromatic carbocycles. The zero-order chi connectivity index (χ0) is 15.1. The van der Waals surface area contributed by atoms with Crippen molar-refractivity contribution in [2.45, 2.75) is 20.8 Å². The van der Waals surface area contributed by atoms with E-state index < -0.39 is 5.82 Å². The smallest absolute Gasteiger partial charge is 0.234 e. The summed E-state index contributed by atoms with van der Waals surface area (Å²) in [6.45, 7) is 7.45. The first kappa shape index (κ1) is 16.9. The van der Waals surface area contributed by atoms with Gasteiger partial charge in [0.2, 0.25) is 5.91 Å². The zero-order valence-corrected chi connectivity index (χ0v) is 13.5. The van der Waals surface area contributed by atoms with Crippen LogP contribution in [-0.2, 0) is 4.79 Å². The van der Waals surface area contributed by atoms with Crippen LogP contribution in [0.15, 0.2) is 18.2 Å². The topological polar surface area (TPSA) is 32.3 Å². The lowest BCUT2D eigenvalue weighted by Gasteiger charge is -2.20. The molecular formula is C14H19FN2OS2. The van der Waals surface area contributed by atoms with Crippen LogP contribution >= 0.6 is 24.0 Å². The normalized spacial score (nSPS) is 10.2. The van der Waals surface area contributed by atoms with Gasteiger partial charge in [0.1, 0.15) is 10.1 Å². The third kappa shape index (κ3) is 5.09. The number of carbonyl (C=O) groups is 1. The molecule has 20 heavy (non-hydrogen) atoms. The van der Waals surface area contributed by atoms with Gasteiger partial charge in [-0.25, -0.2) is 4.39 Å². The van der Waals surface area contributed by atoms with E-state index in [1.807, 2.05) is 18.7 Å². The number of carbonyl (C=O) groups excluding carboxylic acids is 1. The molecule has 0 atom stereocenters. The molecule has 1 N–H and O–H groups in total. The zero-order valence-electron chi connectivity index (χ0n) is 11.9. The van der Waals surface area contributed by atoms with E-state index in [1.54, 1.807) is 19.1 Å². The van der Waals surface area contributed by atoms with Crippen LogP contribution in [-0.4, -0.2) is 34.0 Å². The average molecular weight is 314 g/mol. The van der Waals surface area contributed by atoms with Crippen molar-refractivity contribution in [3.05, 3.63) is 29.6 Å². The summed E-state index contributed by atoms with van der Waals surface area (Å²) in [4.78, 5) is 13.8. The molecule has 0 heterocycles. The molecule has 0 bridgehead atoms. The number of hydrogen-bond acceptors (Lipinski definition) is 3. The number of anilines is 1. The van der Waals surface area contributed by atoms with Gasteiger partial charge >= 0.3 is 0 Å². The molecule has 0 fully saturated rings. The van der Waals surface area contributed by atoms with E-state index in [9.17, 15) is 9.18 Å². The predicted octanol–water partition coefficient (Wildman–Crippen LogP) is 3.43. The van der Waals surface area contributed by atoms with Crippen molar-refractivity contribution in [3.8, 4) is 0 Å². The summed E-state index contributed by atoms with van der Waals surface area (Å²) in [7, 11) is 0. The summed E-state index contributed by atoms with van der Waals surface area (Å²) >= 11 is 6.53. The van der Waals surface area contributed by atoms with Crippen LogP contribution in [0.5, 0.6) is 0 Å². The van der Waals surface area contributed by atoms with E-state index in [2.05, 4.69) is 5.32 Å². The van der Waals surface area contributed by atoms with Crippen LogP contribution in [0.25, 0.3) is 0 Å². The molecule has 110 valence electrons. The van der Waals surface area contributed by atoms with Crippen molar-refractivity contribution < 1.29 is 9.18 Å². The Labute approximate surface area is 128 Å². The molecule has 0 aliphatic heterocycles. The van der Waals surface area contributed by atoms with Gasteiger partial charge < -0.3 is 10.2 Å². The predicted molar refractivity (Wildman–Crippen MR) is 87.7 cm³/mol. The van der Waals surface area contributed by atoms with Crippen LogP contribution in [0.2, 0.25) is 0 Å². The first-order valence-corrected chi connectivity index (χ1v) is 7.85. The second-order valence-corrected chi connectivity index (χ2v) is 5.87. The number of rotatable bonds is 5. The maximum absolute atomic E-state index is 13.6. The number of halogens is 1. The van der Waals surface area contributed by atoms with Crippen LogP contribution in [0.3, 0.4) is 0 Å². The molecular weight excluding hydrogens is 295 g/mol. The summed E-state index contributed by atoms with van der Waals surface area (Å²) < 4.78 is 14.3. The van der Waals surface area contributed by atoms with Crippen molar-refractivity contribution in [1.29, 1.82) is 0 Å². The van der Waals surface area contributed by atoms with Crippen molar-refractivity contribution in [3.63, 3.8) is 0 Å². The third-order valence-electron chi connectivity index (χ3n) is 2.75. The summed E-state index contributed by atoms with van der Waals surface area (Å²) in [5, 5.41) is 2.55. The number of thiocarbonyl (C=S) groups is 1. The fraction of sp³-hybridized carbons (Fsp3) is 0.429. The lowest BCUT2D eigenvalue weighted by Crippen LogP contribution is -2.28. The van der Waals surface area contributed by atoms with Crippen molar-refractivity contribution >= 4 is 39.9 Å². The van der Waals surface area contributed by atoms with Gasteiger partial charge in [0, 0.05) is 13.1 Å². The highest BCUT2D eigenvalue weighted by atomic mass is 32.2. The quantitative estimate of drug-likeness (QED) is 0.844. The molecule has 0 aromatic heterocycles. The molecule has 3 nitrogen and oxygen atoms in total. The SMILES string of the molecule is CCN(CC)C(=S)SCC(=O)Nc1ccc(C)cc1F. The molecule has 0 aliphatic carbocycles. The molecule has 0 radical (unpaired) electrons. The number of aryl methyl sites for hydroxylation is 1. The second-order valence-electron chi connectivity index (χ2n) is 4.26. The van der Waals surface area contributed by atoms with E-state index in [0.717, 1.165) is 18.7 Å². The maximum Gasteiger partial charge on any atom is 0.234 e. The van der Waals surface area contributed by atoms with Crippen molar-refractivity contribution in [2.75, 3.05) is 24.2 Å². The molecule has 1 aromatic rings. The minimum atomic E-state index is -0.422. The van der Waals surface area contributed by atoms with Gasteiger partial charge in [-0.1, -0.05) is 30.0 Å². The molecule has 0 aliphatic rings. The minimum absolute atomic E-state index is 0.183. The maximum atomic E-state index is 13.6. The Morgan fingerprint density at radius 1 is 1.40 bits per heavy atom. The minimum Gasteiger partial charge on any atom is -0.358 e. The monoisotopic (exact) mass is 314 g/mol. The Morgan fingerprint density at radius 3 is 2.60 bits per heavy atom. The molecule has 0 unspecified atom stereocenters. The number of nitrogens with zero attached hydrogens (tertiary/aromatic N) is 1. The van der Waals surface area contributed by atoms with Crippen LogP contribution in [0.1, 0.15) is 19.4 Å². The molecule has 6 heteroatoms. The molecule has 0 saturated heterocycles. The standard InChI is InChI=1S/C14H19FN2OS2/c1-4-17(5-2)14(19)20-9-13(18)16-12-7-6-10(3)8-11(12)15/h6-8H,4-5,9H2,1-3H3,(H,16,18). The largest absolute Gasteiger partial charge is 0.358 e. The van der Waals surface area contributed by atoms with Gasteiger partial charge in [0.25, 0.3) is 0 Å². The fourth-order valence-electron chi connectivity index (χ4n) is 1.61. The van der Waals surface area contributed by atoms with Crippen LogP contribution in [0, 0.1) is 12.7 Å². The molecule has 1 rings (SSSR count). The van der Waals surface area contributed by atoms with E-state index in [4.69, 9.17) is 12.2 Å². The molecule has 0 saturated carbocycles. The second kappa shape index (κ2) is 8.21. The van der Waals surface area contributed by atoms with Gasteiger partial charge in [-0.3, -0.25) is 4.79 Å². The van der Waals surface area contributed by atoms with E-state index in [0.29, 0.717) is 4.32 Å². The Morgan fingerprint density at radius 2 is 2.05 bits per heavy atom. The first-order chi connectivity index (χ1) is 9.47. The van der Waals surface area contributed by atoms with Gasteiger partial charge in [-0.2, -0.15) is 0 Å². The van der Waals surface area contributed by atoms with Gasteiger partial charge in [-0.05, 0) is 38.5 Å². The van der Waals surface area contributed by atoms with E-state index in [-0.39, 0.29) is 17.3 Å². The molecule has 0 spiro atoms. The number of benzene rings is 1. The van der Waals surface area contributed by atoms with Gasteiger partial charge in [0.05, 0.1) is 11.4 Å². The summed E-state index contributed by atoms with van der Waals surface area (Å²) in [6, 6.07) is 4.71. The highest BCUT2D eigenvalue weighted by molar-refractivity contribution is 8.23. The number of nitrogens with one attached hydrogen (secondary N) is 1. The third-order valence-corrected chi connectivity index (χ3v) is 4.27. The Kier molecular flexibility index (Phi) is 6.95. The summed E-state index contributed by atoms with van der Waals surface area (Å²) in [6.07, 6.45) is 0. The summed E-state index contributed by atoms with van der Waals surface area (Å²) in [5.41, 5.74) is 1.02. The highest BCUT2D eigenvalue weighted by Gasteiger charge is 2.11. The molecule has 1 amide bonds. The lowest BCUT2D eigenvalue weighted by atomic mass is 10.2. The highest BCUT2D eigenvalue weighted by Crippen LogP contribution is 2.16.